The number of rotatable bonds is 6. The molecule has 0 aliphatic rings. The molecule has 0 spiro atoms. The smallest absolute Gasteiger partial charge is 0.491 e. The van der Waals surface area contributed by atoms with Crippen LogP contribution in [0.1, 0.15) is 26.3 Å². The van der Waals surface area contributed by atoms with Gasteiger partial charge in [0, 0.05) is 6.07 Å². The maximum atomic E-state index is 12.4. The van der Waals surface area contributed by atoms with Gasteiger partial charge in [0.1, 0.15) is 11.5 Å². The van der Waals surface area contributed by atoms with Crippen LogP contribution in [-0.4, -0.2) is 23.5 Å². The van der Waals surface area contributed by atoms with Crippen LogP contribution in [0.25, 0.3) is 0 Å². The Morgan fingerprint density at radius 1 is 1.29 bits per heavy atom. The molecule has 1 N–H and O–H groups in total. The standard InChI is InChI=1S/C14H17F3O4/c1-8(2)20-11-5-4-10(6-9(3)13(18)19)12(7-11)21-14(15,16)17/h4-5,7-9H,6H2,1-3H3,(H,18,19). The Morgan fingerprint density at radius 3 is 2.38 bits per heavy atom. The second-order valence-electron chi connectivity index (χ2n) is 4.93. The van der Waals surface area contributed by atoms with Crippen molar-refractivity contribution in [2.45, 2.75) is 39.7 Å². The molecule has 0 radical (unpaired) electrons. The van der Waals surface area contributed by atoms with Crippen molar-refractivity contribution in [2.24, 2.45) is 5.92 Å². The molecule has 1 rings (SSSR count). The Kier molecular flexibility index (Phi) is 5.46. The number of hydrogen-bond acceptors (Lipinski definition) is 3. The Bertz CT molecular complexity index is 497. The van der Waals surface area contributed by atoms with Gasteiger partial charge in [-0.3, -0.25) is 4.79 Å². The van der Waals surface area contributed by atoms with Crippen molar-refractivity contribution in [1.82, 2.24) is 0 Å². The van der Waals surface area contributed by atoms with Gasteiger partial charge in [0.2, 0.25) is 0 Å². The third kappa shape index (κ3) is 5.93. The van der Waals surface area contributed by atoms with E-state index in [4.69, 9.17) is 9.84 Å². The van der Waals surface area contributed by atoms with Crippen LogP contribution in [0.15, 0.2) is 18.2 Å². The zero-order valence-corrected chi connectivity index (χ0v) is 11.9. The molecular weight excluding hydrogens is 289 g/mol. The summed E-state index contributed by atoms with van der Waals surface area (Å²) < 4.78 is 46.6. The highest BCUT2D eigenvalue weighted by atomic mass is 19.4. The molecule has 0 amide bonds. The molecule has 0 bridgehead atoms. The summed E-state index contributed by atoms with van der Waals surface area (Å²) in [5, 5.41) is 8.85. The van der Waals surface area contributed by atoms with Crippen molar-refractivity contribution in [3.8, 4) is 11.5 Å². The van der Waals surface area contributed by atoms with Crippen molar-refractivity contribution in [2.75, 3.05) is 0 Å². The van der Waals surface area contributed by atoms with Crippen molar-refractivity contribution < 1.29 is 32.5 Å². The highest BCUT2D eigenvalue weighted by molar-refractivity contribution is 5.70. The number of carboxylic acids is 1. The molecule has 1 atom stereocenters. The lowest BCUT2D eigenvalue weighted by Gasteiger charge is -2.17. The lowest BCUT2D eigenvalue weighted by Crippen LogP contribution is -2.20. The number of carbonyl (C=O) groups is 1. The second-order valence-corrected chi connectivity index (χ2v) is 4.93. The Balaban J connectivity index is 3.07. The average molecular weight is 306 g/mol. The van der Waals surface area contributed by atoms with Crippen LogP contribution < -0.4 is 9.47 Å². The molecule has 7 heteroatoms. The van der Waals surface area contributed by atoms with Crippen LogP contribution in [0.4, 0.5) is 13.2 Å². The van der Waals surface area contributed by atoms with Crippen LogP contribution >= 0.6 is 0 Å². The molecule has 118 valence electrons. The van der Waals surface area contributed by atoms with Crippen molar-refractivity contribution in [3.63, 3.8) is 0 Å². The molecule has 0 saturated carbocycles. The van der Waals surface area contributed by atoms with Gasteiger partial charge in [-0.25, -0.2) is 0 Å². The third-order valence-electron chi connectivity index (χ3n) is 2.58. The van der Waals surface area contributed by atoms with E-state index >= 15 is 0 Å². The van der Waals surface area contributed by atoms with Gasteiger partial charge >= 0.3 is 12.3 Å². The Hall–Kier alpha value is -1.92. The summed E-state index contributed by atoms with van der Waals surface area (Å²) >= 11 is 0. The number of ether oxygens (including phenoxy) is 2. The van der Waals surface area contributed by atoms with Gasteiger partial charge in [0.15, 0.2) is 0 Å². The van der Waals surface area contributed by atoms with Gasteiger partial charge in [0.25, 0.3) is 0 Å². The summed E-state index contributed by atoms with van der Waals surface area (Å²) in [5.74, 6) is -2.11. The van der Waals surface area contributed by atoms with Crippen LogP contribution in [0.2, 0.25) is 0 Å². The first-order valence-corrected chi connectivity index (χ1v) is 6.36. The van der Waals surface area contributed by atoms with E-state index in [1.165, 1.54) is 19.1 Å². The van der Waals surface area contributed by atoms with E-state index in [0.29, 0.717) is 0 Å². The van der Waals surface area contributed by atoms with Gasteiger partial charge in [-0.05, 0) is 31.9 Å². The molecule has 0 aliphatic heterocycles. The predicted octanol–water partition coefficient (Wildman–Crippen LogP) is 3.64. The van der Waals surface area contributed by atoms with E-state index < -0.39 is 24.0 Å². The zero-order chi connectivity index (χ0) is 16.2. The molecule has 1 aromatic carbocycles. The van der Waals surface area contributed by atoms with E-state index in [1.54, 1.807) is 13.8 Å². The van der Waals surface area contributed by atoms with E-state index in [1.807, 2.05) is 0 Å². The van der Waals surface area contributed by atoms with Gasteiger partial charge in [-0.15, -0.1) is 13.2 Å². The first-order chi connectivity index (χ1) is 9.58. The van der Waals surface area contributed by atoms with Gasteiger partial charge < -0.3 is 14.6 Å². The molecule has 1 aromatic rings. The number of aliphatic carboxylic acids is 1. The van der Waals surface area contributed by atoms with E-state index in [2.05, 4.69) is 4.74 Å². The summed E-state index contributed by atoms with van der Waals surface area (Å²) in [6, 6.07) is 4.00. The second kappa shape index (κ2) is 6.69. The topological polar surface area (TPSA) is 55.8 Å². The fourth-order valence-electron chi connectivity index (χ4n) is 1.69. The molecule has 0 heterocycles. The summed E-state index contributed by atoms with van der Waals surface area (Å²) in [6.45, 7) is 4.90. The van der Waals surface area contributed by atoms with Gasteiger partial charge in [0.05, 0.1) is 12.0 Å². The SMILES string of the molecule is CC(C)Oc1ccc(CC(C)C(=O)O)c(OC(F)(F)F)c1. The number of alkyl halides is 3. The third-order valence-corrected chi connectivity index (χ3v) is 2.58. The van der Waals surface area contributed by atoms with Crippen LogP contribution in [0, 0.1) is 5.92 Å². The average Bonchev–Trinajstić information content (AvgIpc) is 2.29. The first kappa shape index (κ1) is 17.1. The quantitative estimate of drug-likeness (QED) is 0.872. The molecule has 1 unspecified atom stereocenters. The lowest BCUT2D eigenvalue weighted by atomic mass is 10.0. The Labute approximate surface area is 120 Å². The van der Waals surface area contributed by atoms with Crippen LogP contribution in [-0.2, 0) is 11.2 Å². The highest BCUT2D eigenvalue weighted by Gasteiger charge is 2.32. The maximum absolute atomic E-state index is 12.4. The summed E-state index contributed by atoms with van der Waals surface area (Å²) in [4.78, 5) is 10.8. The fraction of sp³-hybridized carbons (Fsp3) is 0.500. The summed E-state index contributed by atoms with van der Waals surface area (Å²) in [6.07, 6.45) is -5.12. The number of benzene rings is 1. The minimum atomic E-state index is -4.85. The molecule has 4 nitrogen and oxygen atoms in total. The largest absolute Gasteiger partial charge is 0.573 e. The fourth-order valence-corrected chi connectivity index (χ4v) is 1.69. The maximum Gasteiger partial charge on any atom is 0.573 e. The van der Waals surface area contributed by atoms with Crippen LogP contribution in [0.5, 0.6) is 11.5 Å². The lowest BCUT2D eigenvalue weighted by molar-refractivity contribution is -0.274. The number of hydrogen-bond donors (Lipinski definition) is 1. The molecule has 21 heavy (non-hydrogen) atoms. The van der Waals surface area contributed by atoms with Crippen LogP contribution in [0.3, 0.4) is 0 Å². The molecule has 0 aromatic heterocycles. The molecule has 0 fully saturated rings. The molecule has 0 saturated heterocycles. The minimum Gasteiger partial charge on any atom is -0.491 e. The Morgan fingerprint density at radius 2 is 1.90 bits per heavy atom. The van der Waals surface area contributed by atoms with Crippen molar-refractivity contribution in [1.29, 1.82) is 0 Å². The van der Waals surface area contributed by atoms with E-state index in [0.717, 1.165) is 6.07 Å². The zero-order valence-electron chi connectivity index (χ0n) is 11.9. The normalized spacial score (nSPS) is 13.1. The number of carboxylic acid groups (broad SMARTS) is 1. The summed E-state index contributed by atoms with van der Waals surface area (Å²) in [5.41, 5.74) is 0.165. The molecular formula is C14H17F3O4. The van der Waals surface area contributed by atoms with Crippen molar-refractivity contribution in [3.05, 3.63) is 23.8 Å². The van der Waals surface area contributed by atoms with E-state index in [-0.39, 0.29) is 23.8 Å². The highest BCUT2D eigenvalue weighted by Crippen LogP contribution is 2.32. The van der Waals surface area contributed by atoms with Crippen molar-refractivity contribution >= 4 is 5.97 Å². The predicted molar refractivity (Wildman–Crippen MR) is 69.4 cm³/mol. The van der Waals surface area contributed by atoms with E-state index in [9.17, 15) is 18.0 Å². The number of halogens is 3. The van der Waals surface area contributed by atoms with Gasteiger partial charge in [-0.1, -0.05) is 13.0 Å². The minimum absolute atomic E-state index is 0.0668. The van der Waals surface area contributed by atoms with Gasteiger partial charge in [-0.2, -0.15) is 0 Å². The molecule has 0 aliphatic carbocycles. The monoisotopic (exact) mass is 306 g/mol. The summed E-state index contributed by atoms with van der Waals surface area (Å²) in [7, 11) is 0. The first-order valence-electron chi connectivity index (χ1n) is 6.36.